The van der Waals surface area contributed by atoms with Crippen LogP contribution in [-0.2, 0) is 14.3 Å². The van der Waals surface area contributed by atoms with Gasteiger partial charge in [-0.1, -0.05) is 122 Å². The summed E-state index contributed by atoms with van der Waals surface area (Å²) in [6.07, 6.45) is 30.6. The Morgan fingerprint density at radius 3 is 1.82 bits per heavy atom. The molecule has 2 spiro atoms. The summed E-state index contributed by atoms with van der Waals surface area (Å²) in [5, 5.41) is 3.57. The summed E-state index contributed by atoms with van der Waals surface area (Å²) in [4.78, 5) is 28.0. The lowest BCUT2D eigenvalue weighted by Gasteiger charge is -2.38. The molecular weight excluding hydrogens is 484 g/mol. The fourth-order valence-corrected chi connectivity index (χ4v) is 7.44. The molecule has 1 N–H and O–H groups in total. The average molecular weight is 547 g/mol. The van der Waals surface area contributed by atoms with Crippen molar-refractivity contribution >= 4 is 11.9 Å². The second-order valence-electron chi connectivity index (χ2n) is 13.4. The first-order valence-corrected chi connectivity index (χ1v) is 17.3. The summed E-state index contributed by atoms with van der Waals surface area (Å²) in [5.74, 6) is 0.266. The number of piperidine rings is 1. The SMILES string of the molecule is CCCCCCCCCCCCOC(=O)CCN1CCC2(CC1)CC1(CCCCCCCCCCC1)NC2=O. The molecule has 5 nitrogen and oxygen atoms in total. The summed E-state index contributed by atoms with van der Waals surface area (Å²) in [6, 6.07) is 0. The maximum atomic E-state index is 13.4. The molecule has 3 rings (SSSR count). The number of amides is 1. The molecule has 0 aromatic heterocycles. The Kier molecular flexibility index (Phi) is 15.3. The van der Waals surface area contributed by atoms with E-state index in [9.17, 15) is 9.59 Å². The Bertz CT molecular complexity index is 674. The minimum absolute atomic E-state index is 0.0386. The highest BCUT2D eigenvalue weighted by molar-refractivity contribution is 5.86. The van der Waals surface area contributed by atoms with E-state index in [1.165, 1.54) is 116 Å². The fourth-order valence-electron chi connectivity index (χ4n) is 7.44. The van der Waals surface area contributed by atoms with Crippen LogP contribution >= 0.6 is 0 Å². The zero-order chi connectivity index (χ0) is 27.7. The highest BCUT2D eigenvalue weighted by Crippen LogP contribution is 2.48. The van der Waals surface area contributed by atoms with Gasteiger partial charge in [-0.05, 0) is 51.6 Å². The van der Waals surface area contributed by atoms with Crippen molar-refractivity contribution in [3.63, 3.8) is 0 Å². The van der Waals surface area contributed by atoms with Crippen LogP contribution in [0.25, 0.3) is 0 Å². The van der Waals surface area contributed by atoms with Crippen LogP contribution in [0.2, 0.25) is 0 Å². The second kappa shape index (κ2) is 18.4. The van der Waals surface area contributed by atoms with E-state index in [0.717, 1.165) is 58.2 Å². The van der Waals surface area contributed by atoms with Crippen LogP contribution in [0.1, 0.15) is 167 Å². The first-order valence-electron chi connectivity index (χ1n) is 17.3. The van der Waals surface area contributed by atoms with Gasteiger partial charge in [-0.15, -0.1) is 0 Å². The molecule has 0 aromatic carbocycles. The molecule has 5 heteroatoms. The molecule has 2 saturated heterocycles. The number of likely N-dealkylation sites (tertiary alicyclic amines) is 1. The summed E-state index contributed by atoms with van der Waals surface area (Å²) >= 11 is 0. The molecule has 0 bridgehead atoms. The summed E-state index contributed by atoms with van der Waals surface area (Å²) in [6.45, 7) is 5.45. The van der Waals surface area contributed by atoms with Gasteiger partial charge >= 0.3 is 5.97 Å². The van der Waals surface area contributed by atoms with E-state index in [4.69, 9.17) is 4.74 Å². The largest absolute Gasteiger partial charge is 0.466 e. The van der Waals surface area contributed by atoms with Gasteiger partial charge in [-0.3, -0.25) is 9.59 Å². The predicted octanol–water partition coefficient (Wildman–Crippen LogP) is 8.49. The molecule has 3 aliphatic rings. The number of unbranched alkanes of at least 4 members (excludes halogenated alkanes) is 9. The van der Waals surface area contributed by atoms with E-state index >= 15 is 0 Å². The molecule has 0 unspecified atom stereocenters. The first kappa shape index (κ1) is 32.4. The van der Waals surface area contributed by atoms with Crippen LogP contribution in [-0.4, -0.2) is 48.6 Å². The van der Waals surface area contributed by atoms with E-state index in [0.29, 0.717) is 18.9 Å². The summed E-state index contributed by atoms with van der Waals surface area (Å²) < 4.78 is 5.52. The lowest BCUT2D eigenvalue weighted by molar-refractivity contribution is -0.144. The summed E-state index contributed by atoms with van der Waals surface area (Å²) in [5.41, 5.74) is -0.138. The molecule has 2 heterocycles. The lowest BCUT2D eigenvalue weighted by Crippen LogP contribution is -2.44. The van der Waals surface area contributed by atoms with Gasteiger partial charge in [0.15, 0.2) is 0 Å². The van der Waals surface area contributed by atoms with Crippen molar-refractivity contribution in [1.29, 1.82) is 0 Å². The van der Waals surface area contributed by atoms with Crippen LogP contribution in [0.5, 0.6) is 0 Å². The van der Waals surface area contributed by atoms with Gasteiger partial charge in [-0.25, -0.2) is 0 Å². The maximum Gasteiger partial charge on any atom is 0.307 e. The predicted molar refractivity (Wildman–Crippen MR) is 162 cm³/mol. The molecule has 0 aromatic rings. The maximum absolute atomic E-state index is 13.4. The lowest BCUT2D eigenvalue weighted by atomic mass is 9.71. The van der Waals surface area contributed by atoms with Crippen molar-refractivity contribution in [3.05, 3.63) is 0 Å². The zero-order valence-corrected chi connectivity index (χ0v) is 25.7. The van der Waals surface area contributed by atoms with Gasteiger partial charge in [0.25, 0.3) is 0 Å². The van der Waals surface area contributed by atoms with Crippen LogP contribution in [0.3, 0.4) is 0 Å². The van der Waals surface area contributed by atoms with Crippen LogP contribution in [0.4, 0.5) is 0 Å². The van der Waals surface area contributed by atoms with Gasteiger partial charge in [0.05, 0.1) is 18.4 Å². The monoisotopic (exact) mass is 546 g/mol. The number of rotatable bonds is 14. The average Bonchev–Trinajstić information content (AvgIpc) is 3.19. The van der Waals surface area contributed by atoms with E-state index in [1.54, 1.807) is 0 Å². The Labute approximate surface area is 241 Å². The quantitative estimate of drug-likeness (QED) is 0.175. The van der Waals surface area contributed by atoms with Gasteiger partial charge < -0.3 is 15.0 Å². The number of hydrogen-bond acceptors (Lipinski definition) is 4. The number of carbonyl (C=O) groups is 2. The van der Waals surface area contributed by atoms with E-state index in [1.807, 2.05) is 0 Å². The van der Waals surface area contributed by atoms with Crippen molar-refractivity contribution in [1.82, 2.24) is 10.2 Å². The topological polar surface area (TPSA) is 58.6 Å². The number of ether oxygens (including phenoxy) is 1. The van der Waals surface area contributed by atoms with Gasteiger partial charge in [-0.2, -0.15) is 0 Å². The van der Waals surface area contributed by atoms with Crippen LogP contribution < -0.4 is 5.32 Å². The minimum Gasteiger partial charge on any atom is -0.466 e. The Morgan fingerprint density at radius 1 is 0.744 bits per heavy atom. The Hall–Kier alpha value is -1.10. The molecule has 39 heavy (non-hydrogen) atoms. The molecule has 1 aliphatic carbocycles. The van der Waals surface area contributed by atoms with Gasteiger partial charge in [0, 0.05) is 12.1 Å². The van der Waals surface area contributed by atoms with E-state index < -0.39 is 0 Å². The third-order valence-corrected chi connectivity index (χ3v) is 10.1. The highest BCUT2D eigenvalue weighted by Gasteiger charge is 2.54. The van der Waals surface area contributed by atoms with Gasteiger partial charge in [0.1, 0.15) is 0 Å². The number of carbonyl (C=O) groups excluding carboxylic acids is 2. The number of esters is 1. The third kappa shape index (κ3) is 11.7. The third-order valence-electron chi connectivity index (χ3n) is 10.1. The number of hydrogen-bond donors (Lipinski definition) is 1. The number of nitrogens with zero attached hydrogens (tertiary/aromatic N) is 1. The standard InChI is InChI=1S/C34H62N2O3/c1-2-3-4-5-6-7-11-14-17-20-29-39-31(37)21-26-36-27-24-33(25-28-36)30-34(35-32(33)38)22-18-15-12-9-8-10-13-16-19-23-34/h2-30H2,1H3,(H,35,38). The van der Waals surface area contributed by atoms with Crippen molar-refractivity contribution in [2.24, 2.45) is 5.41 Å². The van der Waals surface area contributed by atoms with Crippen molar-refractivity contribution in [2.45, 2.75) is 173 Å². The second-order valence-corrected chi connectivity index (χ2v) is 13.4. The fraction of sp³-hybridized carbons (Fsp3) is 0.941. The molecule has 3 fully saturated rings. The molecule has 0 radical (unpaired) electrons. The van der Waals surface area contributed by atoms with Crippen LogP contribution in [0.15, 0.2) is 0 Å². The Balaban J connectivity index is 1.27. The summed E-state index contributed by atoms with van der Waals surface area (Å²) in [7, 11) is 0. The van der Waals surface area contributed by atoms with Crippen molar-refractivity contribution in [3.8, 4) is 0 Å². The van der Waals surface area contributed by atoms with Gasteiger partial charge in [0.2, 0.25) is 5.91 Å². The van der Waals surface area contributed by atoms with Crippen molar-refractivity contribution in [2.75, 3.05) is 26.2 Å². The van der Waals surface area contributed by atoms with E-state index in [2.05, 4.69) is 17.1 Å². The molecule has 0 atom stereocenters. The Morgan fingerprint density at radius 2 is 1.26 bits per heavy atom. The highest BCUT2D eigenvalue weighted by atomic mass is 16.5. The molecule has 2 aliphatic heterocycles. The number of nitrogens with one attached hydrogen (secondary N) is 1. The normalized spacial score (nSPS) is 22.3. The van der Waals surface area contributed by atoms with E-state index in [-0.39, 0.29) is 16.9 Å². The minimum atomic E-state index is -0.177. The molecule has 226 valence electrons. The molecule has 1 amide bonds. The zero-order valence-electron chi connectivity index (χ0n) is 25.7. The molecule has 1 saturated carbocycles. The van der Waals surface area contributed by atoms with Crippen LogP contribution in [0, 0.1) is 5.41 Å². The molecular formula is C34H62N2O3. The first-order chi connectivity index (χ1) is 19.1. The smallest absolute Gasteiger partial charge is 0.307 e. The van der Waals surface area contributed by atoms with Crippen molar-refractivity contribution < 1.29 is 14.3 Å².